The van der Waals surface area contributed by atoms with Crippen LogP contribution < -0.4 is 19.5 Å². The monoisotopic (exact) mass is 2350 g/mol. The molecule has 9 aromatic carbocycles. The number of halogens is 1. The van der Waals surface area contributed by atoms with Gasteiger partial charge in [0.1, 0.15) is 0 Å². The average molecular weight is 2340 g/mol. The molecule has 0 spiro atoms. The molecule has 556 valence electrons. The van der Waals surface area contributed by atoms with Crippen LogP contribution in [0.1, 0.15) is 31.8 Å². The van der Waals surface area contributed by atoms with Crippen LogP contribution in [0.4, 0.5) is 21.5 Å². The third-order valence-electron chi connectivity index (χ3n) is 15.6. The van der Waals surface area contributed by atoms with E-state index in [-0.39, 0.29) is 148 Å². The Hall–Kier alpha value is -9.79. The van der Waals surface area contributed by atoms with E-state index in [1.54, 1.807) is 45.1 Å². The number of carbonyl (C=O) groups excluding carboxylic acids is 1. The van der Waals surface area contributed by atoms with Crippen molar-refractivity contribution >= 4 is 55.0 Å². The van der Waals surface area contributed by atoms with Gasteiger partial charge in [0.25, 0.3) is 0 Å². The maximum absolute atomic E-state index is 12.6. The standard InChI is InChI=1S/C22H16N.C18H14N.C14H12N2.C13H8NS.C10H8FN2.C8H6N3.C5H8O2.5Ir/c1-16-14-22(23-15-21(16)18-8-3-2-4-9-18)20-13-7-11-17-10-5-6-12-19(17)20;1-14-13-16(18-9-5-6-12-19-18)10-11-17(14)15-7-3-2-4-8-15;1-15-11-16(12-7-3-2-4-8-12)14-10-6-5-9-13(14)15;1-2-7-12-10(5-1)9-13(15-12)11-6-3-4-8-14-11;1-12-6-7-13(8-12)10-4-2-9(11)3-5-10;1-2-5-9-7(3-1)8-4-6-10-11-8;1-4(6)3-5(2)7;;;;;/h2-12,14-15H,1H3;2-9,11-13H,1H3;2-7,9-11H,1H3;1-8H;2-4,6-7H,1H3;1-6H;3,6H,1-2H3;;;;;/q2*-1;-2;3*-1;;;;;;+3/i2D,3D,4D,8D,9D;;;;;;;;;;;. The van der Waals surface area contributed by atoms with Gasteiger partial charge in [0.05, 0.1) is 19.7 Å². The molecule has 0 unspecified atom stereocenters. The fourth-order valence-electron chi connectivity index (χ4n) is 10.7. The minimum absolute atomic E-state index is 0. The van der Waals surface area contributed by atoms with Gasteiger partial charge in [0.15, 0.2) is 5.78 Å². The predicted molar refractivity (Wildman–Crippen MR) is 418 cm³/mol. The molecule has 0 atom stereocenters. The fraction of sp³-hybridized carbons (Fsp3) is 0.0667. The van der Waals surface area contributed by atoms with Gasteiger partial charge in [-0.25, -0.2) is 11.3 Å². The third kappa shape index (κ3) is 25.4. The van der Waals surface area contributed by atoms with Crippen LogP contribution in [0.2, 0.25) is 0 Å². The molecule has 0 saturated carbocycles. The summed E-state index contributed by atoms with van der Waals surface area (Å²) >= 11 is 1.73. The number of allylic oxidation sites excluding steroid dienone is 2. The molecule has 7 aromatic heterocycles. The SMILES string of the molecule is CC(=O)C=C(C)O.CN1[CH-]N(c2[c-]cccc2)c2ccccc21.Cc1cc(-c2ccccn2)[c-]cc1-c1ccccc1.Cn1[c-][n+](-c2[c-]cc(F)cc2)cc1.[2H]c1c([2H])c([2H])c(-c2cnc(-c3[c-]ccc4ccccc34)cc2C)c([2H])c1[2H].[Ir+3].[Ir].[Ir].[Ir].[Ir].[c-]1c(-c2ccccn2)sc2ccccc12.c1ccc(-c2ccn[n-]2)nc1. The van der Waals surface area contributed by atoms with Gasteiger partial charge >= 0.3 is 20.1 Å². The summed E-state index contributed by atoms with van der Waals surface area (Å²) in [7, 11) is 3.93. The van der Waals surface area contributed by atoms with Gasteiger partial charge in [-0.05, 0) is 96.3 Å². The van der Waals surface area contributed by atoms with Crippen molar-refractivity contribution in [3.05, 3.63) is 382 Å². The molecule has 1 aliphatic heterocycles. The number of anilines is 3. The number of fused-ring (bicyclic) bond motifs is 3. The zero-order valence-electron chi connectivity index (χ0n) is 64.5. The van der Waals surface area contributed by atoms with E-state index >= 15 is 0 Å². The van der Waals surface area contributed by atoms with E-state index in [0.717, 1.165) is 72.2 Å². The van der Waals surface area contributed by atoms with Crippen molar-refractivity contribution in [3.63, 3.8) is 0 Å². The summed E-state index contributed by atoms with van der Waals surface area (Å²) in [5.41, 5.74) is 15.7. The van der Waals surface area contributed by atoms with Crippen molar-refractivity contribution in [1.82, 2.24) is 34.7 Å². The summed E-state index contributed by atoms with van der Waals surface area (Å²) in [4.78, 5) is 32.7. The topological polar surface area (TPSA) is 131 Å². The van der Waals surface area contributed by atoms with E-state index in [2.05, 4.69) is 182 Å². The van der Waals surface area contributed by atoms with Gasteiger partial charge in [-0.3, -0.25) is 14.2 Å². The van der Waals surface area contributed by atoms with E-state index in [0.29, 0.717) is 5.56 Å². The summed E-state index contributed by atoms with van der Waals surface area (Å²) in [6.07, 6.45) is 16.5. The van der Waals surface area contributed by atoms with Crippen LogP contribution in [-0.2, 0) is 112 Å². The molecule has 1 aliphatic rings. The smallest absolute Gasteiger partial charge is 0.574 e. The van der Waals surface area contributed by atoms with Gasteiger partial charge in [-0.15, -0.1) is 99.9 Å². The number of thiophene rings is 1. The van der Waals surface area contributed by atoms with E-state index in [1.165, 1.54) is 70.2 Å². The molecule has 0 fully saturated rings. The number of nitrogens with zero attached hydrogens (tertiary/aromatic N) is 10. The van der Waals surface area contributed by atoms with Crippen LogP contribution in [0.15, 0.2) is 322 Å². The number of imidazole rings is 1. The first kappa shape index (κ1) is 80.2. The van der Waals surface area contributed by atoms with Crippen LogP contribution in [0.25, 0.3) is 93.3 Å². The number of carbonyl (C=O) groups is 1. The molecular formula is C90H72FIr5N10O2S-4. The molecule has 8 heterocycles. The average Bonchev–Trinajstić information content (AvgIpc) is 0.919. The Morgan fingerprint density at radius 3 is 1.87 bits per heavy atom. The van der Waals surface area contributed by atoms with Gasteiger partial charge in [-0.1, -0.05) is 186 Å². The number of rotatable bonds is 9. The van der Waals surface area contributed by atoms with Crippen LogP contribution >= 0.6 is 11.3 Å². The molecule has 109 heavy (non-hydrogen) atoms. The molecule has 1 N–H and O–H groups in total. The van der Waals surface area contributed by atoms with E-state index < -0.39 is 6.04 Å². The molecule has 12 nitrogen and oxygen atoms in total. The Kier molecular flexibility index (Phi) is 33.3. The summed E-state index contributed by atoms with van der Waals surface area (Å²) in [5.74, 6) is -0.340. The second kappa shape index (κ2) is 45.2. The molecule has 19 heteroatoms. The largest absolute Gasteiger partial charge is 3.00 e. The summed E-state index contributed by atoms with van der Waals surface area (Å²) in [6, 6.07) is 91.2. The van der Waals surface area contributed by atoms with Crippen molar-refractivity contribution in [2.24, 2.45) is 7.05 Å². The molecule has 0 saturated heterocycles. The fourth-order valence-corrected chi connectivity index (χ4v) is 11.7. The minimum atomic E-state index is -0.397. The van der Waals surface area contributed by atoms with Gasteiger partial charge in [0, 0.05) is 164 Å². The number of aromatic nitrogens is 8. The van der Waals surface area contributed by atoms with Gasteiger partial charge in [-0.2, -0.15) is 49.1 Å². The molecular weight excluding hydrogens is 2270 g/mol. The zero-order valence-corrected chi connectivity index (χ0v) is 72.3. The van der Waals surface area contributed by atoms with Gasteiger partial charge < -0.3 is 49.2 Å². The van der Waals surface area contributed by atoms with Crippen molar-refractivity contribution in [3.8, 4) is 72.4 Å². The van der Waals surface area contributed by atoms with E-state index in [4.69, 9.17) is 12.0 Å². The first-order valence-corrected chi connectivity index (χ1v) is 33.8. The van der Waals surface area contributed by atoms with Gasteiger partial charge in [0.2, 0.25) is 6.33 Å². The van der Waals surface area contributed by atoms with E-state index in [9.17, 15) is 9.18 Å². The Labute approximate surface area is 715 Å². The molecule has 4 radical (unpaired) electrons. The number of aryl methyl sites for hydroxylation is 3. The molecule has 16 aromatic rings. The number of pyridine rings is 4. The molecule has 0 aliphatic carbocycles. The van der Waals surface area contributed by atoms with Crippen LogP contribution in [-0.4, -0.2) is 47.5 Å². The second-order valence-corrected chi connectivity index (χ2v) is 24.3. The van der Waals surface area contributed by atoms with Crippen LogP contribution in [0.5, 0.6) is 0 Å². The summed E-state index contributed by atoms with van der Waals surface area (Å²) in [5, 5.41) is 19.2. The van der Waals surface area contributed by atoms with Crippen molar-refractivity contribution in [2.45, 2.75) is 27.7 Å². The Bertz CT molecular complexity index is 5640. The number of hydrogen-bond donors (Lipinski definition) is 1. The third-order valence-corrected chi connectivity index (χ3v) is 16.7. The van der Waals surface area contributed by atoms with Crippen LogP contribution in [0, 0.1) is 63.0 Å². The first-order valence-electron chi connectivity index (χ1n) is 35.4. The summed E-state index contributed by atoms with van der Waals surface area (Å²) < 4.78 is 57.3. The number of ketones is 1. The summed E-state index contributed by atoms with van der Waals surface area (Å²) in [6.45, 7) is 8.91. The second-order valence-electron chi connectivity index (χ2n) is 23.2. The number of aliphatic hydroxyl groups is 1. The maximum atomic E-state index is 12.6. The quantitative estimate of drug-likeness (QED) is 0.0645. The zero-order chi connectivity index (χ0) is 76.8. The van der Waals surface area contributed by atoms with Crippen molar-refractivity contribution < 1.29 is 126 Å². The number of hydrogen-bond acceptors (Lipinski definition) is 10. The predicted octanol–water partition coefficient (Wildman–Crippen LogP) is 20.3. The minimum Gasteiger partial charge on any atom is -0.574 e. The number of benzene rings is 9. The normalized spacial score (nSPS) is 11.2. The Morgan fingerprint density at radius 1 is 0.615 bits per heavy atom. The molecule has 0 bridgehead atoms. The van der Waals surface area contributed by atoms with Crippen molar-refractivity contribution in [2.75, 3.05) is 16.8 Å². The van der Waals surface area contributed by atoms with E-state index in [1.807, 2.05) is 172 Å². The molecule has 0 amide bonds. The molecule has 17 rings (SSSR count). The van der Waals surface area contributed by atoms with Crippen LogP contribution in [0.3, 0.4) is 0 Å². The maximum Gasteiger partial charge on any atom is 3.00 e. The Morgan fingerprint density at radius 2 is 1.27 bits per heavy atom. The number of aliphatic hydroxyl groups excluding tert-OH is 1. The van der Waals surface area contributed by atoms with Crippen molar-refractivity contribution in [1.29, 1.82) is 0 Å². The Balaban J connectivity index is 0.000000212. The number of para-hydroxylation sites is 3. The first-order chi connectivity index (χ1) is 52.9.